The number of aliphatic hydroxyl groups excluding tert-OH is 1. The number of carbonyl (C=O) groups excluding carboxylic acids is 1. The Morgan fingerprint density at radius 3 is 2.52 bits per heavy atom. The van der Waals surface area contributed by atoms with Crippen molar-refractivity contribution < 1.29 is 34.0 Å². The van der Waals surface area contributed by atoms with E-state index >= 15 is 0 Å². The van der Waals surface area contributed by atoms with Gasteiger partial charge in [-0.3, -0.25) is 0 Å². The van der Waals surface area contributed by atoms with E-state index in [0.717, 1.165) is 11.1 Å². The van der Waals surface area contributed by atoms with E-state index in [1.807, 2.05) is 13.0 Å². The van der Waals surface area contributed by atoms with Crippen LogP contribution in [0.3, 0.4) is 0 Å². The number of hydrogen-bond donors (Lipinski definition) is 2. The Hall–Kier alpha value is -2.28. The zero-order valence-corrected chi connectivity index (χ0v) is 13.3. The molecule has 0 saturated carbocycles. The van der Waals surface area contributed by atoms with Gasteiger partial charge in [0, 0.05) is 12.0 Å². The molecule has 0 aromatic heterocycles. The third-order valence-corrected chi connectivity index (χ3v) is 3.69. The first-order valence-corrected chi connectivity index (χ1v) is 7.49. The molecule has 0 spiro atoms. The van der Waals surface area contributed by atoms with Gasteiger partial charge in [0.2, 0.25) is 0 Å². The van der Waals surface area contributed by atoms with Gasteiger partial charge in [-0.15, -0.1) is 0 Å². The Morgan fingerprint density at radius 2 is 2.00 bits per heavy atom. The Morgan fingerprint density at radius 1 is 1.30 bits per heavy atom. The summed E-state index contributed by atoms with van der Waals surface area (Å²) in [6, 6.07) is 3.46. The lowest BCUT2D eigenvalue weighted by molar-refractivity contribution is -0.179. The van der Waals surface area contributed by atoms with Crippen molar-refractivity contribution in [1.82, 2.24) is 0 Å². The fourth-order valence-electron chi connectivity index (χ4n) is 2.63. The van der Waals surface area contributed by atoms with E-state index in [1.54, 1.807) is 19.9 Å². The summed E-state index contributed by atoms with van der Waals surface area (Å²) >= 11 is 0. The van der Waals surface area contributed by atoms with Crippen LogP contribution < -0.4 is 9.47 Å². The maximum atomic E-state index is 12.0. The van der Waals surface area contributed by atoms with Crippen molar-refractivity contribution >= 4 is 12.1 Å². The summed E-state index contributed by atoms with van der Waals surface area (Å²) in [7, 11) is 0. The molecule has 0 saturated heterocycles. The van der Waals surface area contributed by atoms with Gasteiger partial charge in [0.15, 0.2) is 11.5 Å². The topological polar surface area (TPSA) is 102 Å². The van der Waals surface area contributed by atoms with E-state index in [0.29, 0.717) is 24.3 Å². The maximum Gasteiger partial charge on any atom is 0.513 e. The van der Waals surface area contributed by atoms with Crippen molar-refractivity contribution in [2.45, 2.75) is 51.9 Å². The van der Waals surface area contributed by atoms with Gasteiger partial charge in [0.05, 0.1) is 6.10 Å². The molecule has 1 aliphatic heterocycles. The normalized spacial score (nSPS) is 20.2. The standard InChI is InChI=1S/C16H20O7/c1-4-11-10(8-9(3)17)6-7-12-13(11)23-16(5-2,22-12)14(18)21-15(19)20/h6-7,9,17H,4-5,8H2,1-3H3,(H,19,20)/t9?,16-/m0/s1. The molecule has 1 heterocycles. The van der Waals surface area contributed by atoms with Crippen LogP contribution in [0.1, 0.15) is 38.3 Å². The summed E-state index contributed by atoms with van der Waals surface area (Å²) in [5.41, 5.74) is 1.71. The first kappa shape index (κ1) is 17.1. The number of carbonyl (C=O) groups is 2. The third kappa shape index (κ3) is 3.24. The second-order valence-electron chi connectivity index (χ2n) is 5.40. The van der Waals surface area contributed by atoms with Gasteiger partial charge in [-0.05, 0) is 31.4 Å². The molecule has 1 aromatic carbocycles. The molecule has 0 amide bonds. The molecule has 1 unspecified atom stereocenters. The first-order chi connectivity index (χ1) is 10.8. The first-order valence-electron chi connectivity index (χ1n) is 7.49. The molecule has 0 bridgehead atoms. The van der Waals surface area contributed by atoms with E-state index in [-0.39, 0.29) is 6.42 Å². The highest BCUT2D eigenvalue weighted by Gasteiger charge is 2.51. The van der Waals surface area contributed by atoms with Crippen LogP contribution in [-0.2, 0) is 22.4 Å². The van der Waals surface area contributed by atoms with Gasteiger partial charge in [0.1, 0.15) is 0 Å². The molecule has 2 rings (SSSR count). The number of aliphatic hydroxyl groups is 1. The van der Waals surface area contributed by atoms with Gasteiger partial charge < -0.3 is 24.4 Å². The number of fused-ring (bicyclic) bond motifs is 1. The van der Waals surface area contributed by atoms with Gasteiger partial charge in [0.25, 0.3) is 0 Å². The minimum atomic E-state index is -1.80. The minimum Gasteiger partial charge on any atom is -0.449 e. The molecular weight excluding hydrogens is 304 g/mol. The summed E-state index contributed by atoms with van der Waals surface area (Å²) < 4.78 is 15.5. The molecule has 1 aliphatic rings. The Kier molecular flexibility index (Phi) is 4.79. The number of carboxylic acid groups (broad SMARTS) is 1. The highest BCUT2D eigenvalue weighted by Crippen LogP contribution is 2.45. The SMILES string of the molecule is CCc1c(CC(C)O)ccc2c1O[C@@](CC)(C(=O)OC(=O)O)O2. The Bertz CT molecular complexity index is 623. The minimum absolute atomic E-state index is 0.0860. The monoisotopic (exact) mass is 324 g/mol. The lowest BCUT2D eigenvalue weighted by atomic mass is 9.99. The van der Waals surface area contributed by atoms with Crippen molar-refractivity contribution in [3.05, 3.63) is 23.3 Å². The summed E-state index contributed by atoms with van der Waals surface area (Å²) in [6.45, 7) is 5.24. The van der Waals surface area contributed by atoms with E-state index in [1.165, 1.54) is 0 Å². The van der Waals surface area contributed by atoms with Gasteiger partial charge >= 0.3 is 17.9 Å². The summed E-state index contributed by atoms with van der Waals surface area (Å²) in [5.74, 6) is -2.15. The smallest absolute Gasteiger partial charge is 0.449 e. The second-order valence-corrected chi connectivity index (χ2v) is 5.40. The number of benzene rings is 1. The average Bonchev–Trinajstić information content (AvgIpc) is 2.86. The second kappa shape index (κ2) is 6.45. The molecule has 7 heteroatoms. The van der Waals surface area contributed by atoms with E-state index in [9.17, 15) is 14.7 Å². The van der Waals surface area contributed by atoms with Crippen LogP contribution in [0.5, 0.6) is 11.5 Å². The Balaban J connectivity index is 2.39. The van der Waals surface area contributed by atoms with E-state index in [4.69, 9.17) is 14.6 Å². The molecule has 0 fully saturated rings. The molecule has 0 aliphatic carbocycles. The van der Waals surface area contributed by atoms with Crippen molar-refractivity contribution in [2.75, 3.05) is 0 Å². The fraction of sp³-hybridized carbons (Fsp3) is 0.500. The average molecular weight is 324 g/mol. The lowest BCUT2D eigenvalue weighted by Gasteiger charge is -2.22. The van der Waals surface area contributed by atoms with Crippen molar-refractivity contribution in [1.29, 1.82) is 0 Å². The predicted molar refractivity (Wildman–Crippen MR) is 79.6 cm³/mol. The van der Waals surface area contributed by atoms with Gasteiger partial charge in [-0.25, -0.2) is 9.59 Å². The highest BCUT2D eigenvalue weighted by molar-refractivity contribution is 5.87. The zero-order valence-electron chi connectivity index (χ0n) is 13.3. The van der Waals surface area contributed by atoms with Crippen LogP contribution in [0.15, 0.2) is 12.1 Å². The zero-order chi connectivity index (χ0) is 17.2. The predicted octanol–water partition coefficient (Wildman–Crippen LogP) is 2.27. The molecule has 7 nitrogen and oxygen atoms in total. The van der Waals surface area contributed by atoms with Gasteiger partial charge in [-0.1, -0.05) is 19.9 Å². The van der Waals surface area contributed by atoms with Crippen molar-refractivity contribution in [3.8, 4) is 11.5 Å². The van der Waals surface area contributed by atoms with Crippen molar-refractivity contribution in [3.63, 3.8) is 0 Å². The summed E-state index contributed by atoms with van der Waals surface area (Å²) in [4.78, 5) is 22.7. The number of ether oxygens (including phenoxy) is 3. The quantitative estimate of drug-likeness (QED) is 0.632. The number of hydrogen-bond acceptors (Lipinski definition) is 6. The third-order valence-electron chi connectivity index (χ3n) is 3.69. The number of esters is 1. The van der Waals surface area contributed by atoms with Crippen LogP contribution in [-0.4, -0.2) is 34.2 Å². The van der Waals surface area contributed by atoms with Crippen LogP contribution in [0.4, 0.5) is 4.79 Å². The van der Waals surface area contributed by atoms with E-state index in [2.05, 4.69) is 4.74 Å². The summed E-state index contributed by atoms with van der Waals surface area (Å²) in [5, 5.41) is 18.2. The van der Waals surface area contributed by atoms with Crippen molar-refractivity contribution in [2.24, 2.45) is 0 Å². The van der Waals surface area contributed by atoms with Crippen LogP contribution in [0, 0.1) is 0 Å². The largest absolute Gasteiger partial charge is 0.513 e. The lowest BCUT2D eigenvalue weighted by Crippen LogP contribution is -2.48. The molecule has 23 heavy (non-hydrogen) atoms. The maximum absolute atomic E-state index is 12.0. The fourth-order valence-corrected chi connectivity index (χ4v) is 2.63. The summed E-state index contributed by atoms with van der Waals surface area (Å²) in [6.07, 6.45) is -1.09. The van der Waals surface area contributed by atoms with Gasteiger partial charge in [-0.2, -0.15) is 0 Å². The molecule has 2 N–H and O–H groups in total. The number of rotatable bonds is 5. The highest BCUT2D eigenvalue weighted by atomic mass is 16.8. The Labute approximate surface area is 133 Å². The molecule has 0 radical (unpaired) electrons. The van der Waals surface area contributed by atoms with Crippen LogP contribution >= 0.6 is 0 Å². The van der Waals surface area contributed by atoms with E-state index < -0.39 is 24.0 Å². The molecular formula is C16H20O7. The molecule has 2 atom stereocenters. The molecule has 1 aromatic rings. The van der Waals surface area contributed by atoms with Crippen LogP contribution in [0.25, 0.3) is 0 Å². The van der Waals surface area contributed by atoms with Crippen LogP contribution in [0.2, 0.25) is 0 Å². The molecule has 126 valence electrons.